The Bertz CT molecular complexity index is 1740. The van der Waals surface area contributed by atoms with Crippen LogP contribution in [-0.4, -0.2) is 43.8 Å². The zero-order chi connectivity index (χ0) is 32.7. The van der Waals surface area contributed by atoms with Gasteiger partial charge in [-0.05, 0) is 85.3 Å². The van der Waals surface area contributed by atoms with E-state index in [4.69, 9.17) is 11.6 Å². The largest absolute Gasteiger partial charge is 0.352 e. The summed E-state index contributed by atoms with van der Waals surface area (Å²) in [6.07, 6.45) is 4.15. The number of nitrogens with zero attached hydrogens (tertiary/aromatic N) is 2. The Hall–Kier alpha value is -4.14. The van der Waals surface area contributed by atoms with Crippen LogP contribution in [-0.2, 0) is 32.6 Å². The van der Waals surface area contributed by atoms with Crippen molar-refractivity contribution < 1.29 is 18.0 Å². The molecule has 7 nitrogen and oxygen atoms in total. The number of carbonyl (C=O) groups is 2. The Morgan fingerprint density at radius 3 is 2.09 bits per heavy atom. The van der Waals surface area contributed by atoms with E-state index < -0.39 is 28.5 Å². The number of carbonyl (C=O) groups excluding carboxylic acids is 2. The van der Waals surface area contributed by atoms with Gasteiger partial charge in [0.25, 0.3) is 10.0 Å². The summed E-state index contributed by atoms with van der Waals surface area (Å²) in [7, 11) is -4.15. The normalized spacial score (nSPS) is 14.1. The van der Waals surface area contributed by atoms with Gasteiger partial charge in [0.05, 0.1) is 10.6 Å². The number of aryl methyl sites for hydroxylation is 2. The van der Waals surface area contributed by atoms with Crippen molar-refractivity contribution in [1.82, 2.24) is 10.2 Å². The zero-order valence-corrected chi connectivity index (χ0v) is 27.8. The molecule has 0 bridgehead atoms. The predicted molar refractivity (Wildman–Crippen MR) is 183 cm³/mol. The first-order valence-electron chi connectivity index (χ1n) is 15.6. The first-order chi connectivity index (χ1) is 22.1. The fraction of sp³-hybridized carbons (Fsp3) is 0.297. The number of sulfonamides is 1. The molecule has 240 valence electrons. The lowest BCUT2D eigenvalue weighted by Gasteiger charge is -2.34. The summed E-state index contributed by atoms with van der Waals surface area (Å²) in [6.45, 7) is 3.46. The van der Waals surface area contributed by atoms with Crippen molar-refractivity contribution >= 4 is 39.1 Å². The van der Waals surface area contributed by atoms with Crippen molar-refractivity contribution in [2.45, 2.75) is 69.5 Å². The molecule has 0 heterocycles. The molecule has 1 atom stereocenters. The van der Waals surface area contributed by atoms with Gasteiger partial charge in [0.15, 0.2) is 0 Å². The highest BCUT2D eigenvalue weighted by Gasteiger charge is 2.35. The number of anilines is 1. The van der Waals surface area contributed by atoms with E-state index >= 15 is 0 Å². The van der Waals surface area contributed by atoms with Crippen molar-refractivity contribution in [2.75, 3.05) is 10.8 Å². The maximum absolute atomic E-state index is 14.6. The van der Waals surface area contributed by atoms with Gasteiger partial charge < -0.3 is 10.2 Å². The van der Waals surface area contributed by atoms with E-state index in [1.165, 1.54) is 17.0 Å². The van der Waals surface area contributed by atoms with Crippen LogP contribution < -0.4 is 9.62 Å². The first kappa shape index (κ1) is 33.2. The van der Waals surface area contributed by atoms with Gasteiger partial charge in [-0.25, -0.2) is 8.42 Å². The quantitative estimate of drug-likeness (QED) is 0.181. The number of amides is 2. The highest BCUT2D eigenvalue weighted by Crippen LogP contribution is 2.27. The van der Waals surface area contributed by atoms with Crippen LogP contribution in [0.1, 0.15) is 47.9 Å². The molecule has 0 spiro atoms. The summed E-state index contributed by atoms with van der Waals surface area (Å²) in [5, 5.41) is 3.75. The molecular weight excluding hydrogens is 618 g/mol. The highest BCUT2D eigenvalue weighted by molar-refractivity contribution is 7.92. The maximum Gasteiger partial charge on any atom is 0.264 e. The Kier molecular flexibility index (Phi) is 10.8. The lowest BCUT2D eigenvalue weighted by molar-refractivity contribution is -0.140. The van der Waals surface area contributed by atoms with Gasteiger partial charge >= 0.3 is 0 Å². The summed E-state index contributed by atoms with van der Waals surface area (Å²) < 4.78 is 29.5. The maximum atomic E-state index is 14.6. The minimum Gasteiger partial charge on any atom is -0.352 e. The third kappa shape index (κ3) is 8.17. The molecule has 9 heteroatoms. The van der Waals surface area contributed by atoms with Crippen molar-refractivity contribution in [3.63, 3.8) is 0 Å². The first-order valence-corrected chi connectivity index (χ1v) is 17.5. The van der Waals surface area contributed by atoms with Crippen LogP contribution in [0.3, 0.4) is 0 Å². The van der Waals surface area contributed by atoms with E-state index in [0.29, 0.717) is 10.7 Å². The van der Waals surface area contributed by atoms with Crippen molar-refractivity contribution in [3.8, 4) is 0 Å². The molecule has 5 rings (SSSR count). The molecule has 2 amide bonds. The van der Waals surface area contributed by atoms with E-state index in [0.717, 1.165) is 52.2 Å². The third-order valence-corrected chi connectivity index (χ3v) is 10.7. The average Bonchev–Trinajstić information content (AvgIpc) is 3.57. The second-order valence-electron chi connectivity index (χ2n) is 11.9. The van der Waals surface area contributed by atoms with Gasteiger partial charge in [0, 0.05) is 24.0 Å². The van der Waals surface area contributed by atoms with Crippen LogP contribution in [0.25, 0.3) is 0 Å². The number of benzene rings is 4. The lowest BCUT2D eigenvalue weighted by atomic mass is 10.0. The summed E-state index contributed by atoms with van der Waals surface area (Å²) >= 11 is 6.18. The number of hydrogen-bond acceptors (Lipinski definition) is 4. The fourth-order valence-electron chi connectivity index (χ4n) is 5.84. The number of rotatable bonds is 12. The second kappa shape index (κ2) is 15.0. The molecule has 1 aliphatic carbocycles. The van der Waals surface area contributed by atoms with Crippen molar-refractivity contribution in [2.24, 2.45) is 0 Å². The number of halogens is 1. The predicted octanol–water partition coefficient (Wildman–Crippen LogP) is 6.85. The zero-order valence-electron chi connectivity index (χ0n) is 26.2. The summed E-state index contributed by atoms with van der Waals surface area (Å²) in [6, 6.07) is 29.3. The fourth-order valence-corrected chi connectivity index (χ4v) is 7.39. The van der Waals surface area contributed by atoms with Crippen LogP contribution in [0.15, 0.2) is 108 Å². The summed E-state index contributed by atoms with van der Waals surface area (Å²) in [5.41, 5.74) is 3.94. The molecule has 0 saturated heterocycles. The lowest BCUT2D eigenvalue weighted by Crippen LogP contribution is -2.54. The molecule has 1 aliphatic rings. The molecule has 0 unspecified atom stereocenters. The van der Waals surface area contributed by atoms with Crippen LogP contribution in [0.5, 0.6) is 0 Å². The van der Waals surface area contributed by atoms with Gasteiger partial charge in [0.1, 0.15) is 12.6 Å². The van der Waals surface area contributed by atoms with Crippen molar-refractivity contribution in [3.05, 3.63) is 130 Å². The summed E-state index contributed by atoms with van der Waals surface area (Å²) in [4.78, 5) is 30.3. The Morgan fingerprint density at radius 2 is 1.46 bits per heavy atom. The molecule has 4 aromatic rings. The molecule has 46 heavy (non-hydrogen) atoms. The average molecular weight is 658 g/mol. The van der Waals surface area contributed by atoms with Crippen LogP contribution >= 0.6 is 11.6 Å². The van der Waals surface area contributed by atoms with E-state index in [1.807, 2.05) is 62.4 Å². The molecule has 0 aromatic heterocycles. The molecule has 1 saturated carbocycles. The Morgan fingerprint density at radius 1 is 0.826 bits per heavy atom. The topological polar surface area (TPSA) is 86.8 Å². The van der Waals surface area contributed by atoms with E-state index in [9.17, 15) is 18.0 Å². The van der Waals surface area contributed by atoms with Crippen molar-refractivity contribution in [1.29, 1.82) is 0 Å². The molecule has 1 N–H and O–H groups in total. The van der Waals surface area contributed by atoms with E-state index in [2.05, 4.69) is 5.32 Å². The SMILES string of the molecule is Cc1ccc(N(CC(=O)N(Cc2ccc(Cl)cc2)[C@H](Cc2ccccc2)C(=O)NC2CCCC2)S(=O)(=O)c2ccccc2)cc1C. The van der Waals surface area contributed by atoms with Gasteiger partial charge in [0.2, 0.25) is 11.8 Å². The molecular formula is C37H40ClN3O4S. The van der Waals surface area contributed by atoms with Gasteiger partial charge in [-0.1, -0.05) is 91.2 Å². The molecule has 0 radical (unpaired) electrons. The Balaban J connectivity index is 1.57. The van der Waals surface area contributed by atoms with Crippen LogP contribution in [0, 0.1) is 13.8 Å². The van der Waals surface area contributed by atoms with E-state index in [1.54, 1.807) is 42.5 Å². The monoisotopic (exact) mass is 657 g/mol. The summed E-state index contributed by atoms with van der Waals surface area (Å²) in [5.74, 6) is -0.739. The van der Waals surface area contributed by atoms with Crippen LogP contribution in [0.2, 0.25) is 5.02 Å². The van der Waals surface area contributed by atoms with Crippen LogP contribution in [0.4, 0.5) is 5.69 Å². The minimum atomic E-state index is -4.15. The standard InChI is InChI=1S/C37H40ClN3O4S/c1-27-17-22-33(23-28(27)2)41(46(44,45)34-15-7-4-8-16-34)26-36(42)40(25-30-18-20-31(38)21-19-30)35(24-29-11-5-3-6-12-29)37(43)39-32-13-9-10-14-32/h3-8,11-12,15-23,32,35H,9-10,13-14,24-26H2,1-2H3,(H,39,43)/t35-/m1/s1. The third-order valence-electron chi connectivity index (χ3n) is 8.63. The highest BCUT2D eigenvalue weighted by atomic mass is 35.5. The van der Waals surface area contributed by atoms with Gasteiger partial charge in [-0.2, -0.15) is 0 Å². The number of nitrogens with one attached hydrogen (secondary N) is 1. The smallest absolute Gasteiger partial charge is 0.264 e. The van der Waals surface area contributed by atoms with Gasteiger partial charge in [-0.15, -0.1) is 0 Å². The Labute approximate surface area is 277 Å². The van der Waals surface area contributed by atoms with E-state index in [-0.39, 0.29) is 29.8 Å². The second-order valence-corrected chi connectivity index (χ2v) is 14.2. The van der Waals surface area contributed by atoms with Gasteiger partial charge in [-0.3, -0.25) is 13.9 Å². The molecule has 0 aliphatic heterocycles. The molecule has 4 aromatic carbocycles. The minimum absolute atomic E-state index is 0.0451. The number of hydrogen-bond donors (Lipinski definition) is 1. The molecule has 1 fully saturated rings.